The van der Waals surface area contributed by atoms with E-state index in [1.165, 1.54) is 23.5 Å². The van der Waals surface area contributed by atoms with Crippen LogP contribution in [0.15, 0.2) is 36.4 Å². The number of nitriles is 1. The van der Waals surface area contributed by atoms with Gasteiger partial charge in [-0.3, -0.25) is 4.79 Å². The highest BCUT2D eigenvalue weighted by Gasteiger charge is 2.34. The van der Waals surface area contributed by atoms with Gasteiger partial charge in [-0.1, -0.05) is 18.6 Å². The monoisotopic (exact) mass is 470 g/mol. The van der Waals surface area contributed by atoms with Crippen LogP contribution < -0.4 is 10.6 Å². The lowest BCUT2D eigenvalue weighted by Crippen LogP contribution is -2.51. The minimum atomic E-state index is -0.997. The molecular formula is C24H21F3N4OS. The van der Waals surface area contributed by atoms with E-state index in [1.807, 2.05) is 0 Å². The Morgan fingerprint density at radius 1 is 1.21 bits per heavy atom. The number of rotatable bonds is 6. The Kier molecular flexibility index (Phi) is 6.77. The van der Waals surface area contributed by atoms with Crippen molar-refractivity contribution in [2.75, 3.05) is 11.9 Å². The van der Waals surface area contributed by atoms with Crippen LogP contribution in [0, 0.1) is 35.7 Å². The number of piperidine rings is 1. The topological polar surface area (TPSA) is 77.8 Å². The molecule has 2 atom stereocenters. The van der Waals surface area contributed by atoms with Gasteiger partial charge in [-0.25, -0.2) is 18.2 Å². The Bertz CT molecular complexity index is 1190. The average molecular weight is 471 g/mol. The Morgan fingerprint density at radius 3 is 2.52 bits per heavy atom. The first-order valence-electron chi connectivity index (χ1n) is 10.5. The van der Waals surface area contributed by atoms with Crippen LogP contribution in [0.3, 0.4) is 0 Å². The van der Waals surface area contributed by atoms with Gasteiger partial charge < -0.3 is 10.6 Å². The number of hydrogen-bond acceptors (Lipinski definition) is 6. The van der Waals surface area contributed by atoms with Crippen molar-refractivity contribution in [3.8, 4) is 16.5 Å². The fourth-order valence-electron chi connectivity index (χ4n) is 3.98. The highest BCUT2D eigenvalue weighted by Crippen LogP contribution is 2.33. The number of thiazole rings is 1. The van der Waals surface area contributed by atoms with Crippen molar-refractivity contribution in [1.29, 1.82) is 5.26 Å². The second-order valence-corrected chi connectivity index (χ2v) is 9.09. The fourth-order valence-corrected chi connectivity index (χ4v) is 4.91. The molecule has 4 rings (SSSR count). The SMILES string of the molecule is Cc1nc(C(=O)C(Nc2c(F)cc(C#N)cc2F)C2CCCCN2)c(-c2ccc(F)cc2)s1. The zero-order chi connectivity index (χ0) is 23.5. The van der Waals surface area contributed by atoms with E-state index in [2.05, 4.69) is 15.6 Å². The largest absolute Gasteiger partial charge is 0.369 e. The molecule has 1 fully saturated rings. The van der Waals surface area contributed by atoms with Gasteiger partial charge in [-0.2, -0.15) is 5.26 Å². The molecule has 0 radical (unpaired) electrons. The molecule has 0 bridgehead atoms. The zero-order valence-corrected chi connectivity index (χ0v) is 18.6. The molecule has 0 saturated carbocycles. The summed E-state index contributed by atoms with van der Waals surface area (Å²) >= 11 is 1.30. The predicted molar refractivity (Wildman–Crippen MR) is 121 cm³/mol. The molecule has 1 saturated heterocycles. The number of carbonyl (C=O) groups excluding carboxylic acids is 1. The van der Waals surface area contributed by atoms with E-state index in [0.29, 0.717) is 28.4 Å². The Morgan fingerprint density at radius 2 is 1.91 bits per heavy atom. The van der Waals surface area contributed by atoms with Crippen molar-refractivity contribution in [3.63, 3.8) is 0 Å². The number of nitrogens with one attached hydrogen (secondary N) is 2. The third-order valence-corrected chi connectivity index (χ3v) is 6.60. The van der Waals surface area contributed by atoms with E-state index in [4.69, 9.17) is 5.26 Å². The van der Waals surface area contributed by atoms with Gasteiger partial charge >= 0.3 is 0 Å². The number of anilines is 1. The minimum absolute atomic E-state index is 0.150. The lowest BCUT2D eigenvalue weighted by Gasteiger charge is -2.31. The maximum Gasteiger partial charge on any atom is 0.206 e. The molecule has 1 aliphatic heterocycles. The average Bonchev–Trinajstić information content (AvgIpc) is 3.21. The first-order valence-corrected chi connectivity index (χ1v) is 11.4. The number of carbonyl (C=O) groups is 1. The van der Waals surface area contributed by atoms with Crippen molar-refractivity contribution in [2.45, 2.75) is 38.3 Å². The molecular weight excluding hydrogens is 449 g/mol. The molecule has 33 heavy (non-hydrogen) atoms. The number of aromatic nitrogens is 1. The number of Topliss-reactive ketones (excluding diaryl/α,β-unsaturated/α-hetero) is 1. The molecule has 1 aromatic heterocycles. The molecule has 0 spiro atoms. The van der Waals surface area contributed by atoms with Gasteiger partial charge in [0.25, 0.3) is 0 Å². The summed E-state index contributed by atoms with van der Waals surface area (Å²) in [6.07, 6.45) is 2.44. The van der Waals surface area contributed by atoms with Crippen LogP contribution in [0.25, 0.3) is 10.4 Å². The molecule has 0 amide bonds. The molecule has 2 unspecified atom stereocenters. The van der Waals surface area contributed by atoms with Crippen LogP contribution in [0.4, 0.5) is 18.9 Å². The third-order valence-electron chi connectivity index (χ3n) is 5.58. The summed E-state index contributed by atoms with van der Waals surface area (Å²) in [7, 11) is 0. The quantitative estimate of drug-likeness (QED) is 0.484. The van der Waals surface area contributed by atoms with Crippen molar-refractivity contribution >= 4 is 22.8 Å². The second kappa shape index (κ2) is 9.73. The predicted octanol–water partition coefficient (Wildman–Crippen LogP) is 5.21. The van der Waals surface area contributed by atoms with Gasteiger partial charge in [0.15, 0.2) is 11.6 Å². The summed E-state index contributed by atoms with van der Waals surface area (Å²) in [5.41, 5.74) is 0.192. The first-order chi connectivity index (χ1) is 15.9. The summed E-state index contributed by atoms with van der Waals surface area (Å²) in [5.74, 6) is -2.71. The molecule has 2 heterocycles. The summed E-state index contributed by atoms with van der Waals surface area (Å²) < 4.78 is 42.7. The summed E-state index contributed by atoms with van der Waals surface area (Å²) in [6, 6.07) is 7.95. The van der Waals surface area contributed by atoms with E-state index in [-0.39, 0.29) is 17.3 Å². The van der Waals surface area contributed by atoms with E-state index in [9.17, 15) is 18.0 Å². The van der Waals surface area contributed by atoms with Crippen molar-refractivity contribution in [2.24, 2.45) is 0 Å². The van der Waals surface area contributed by atoms with Crippen LogP contribution in [0.1, 0.15) is 40.3 Å². The van der Waals surface area contributed by atoms with Crippen molar-refractivity contribution in [3.05, 3.63) is 70.1 Å². The molecule has 170 valence electrons. The number of ketones is 1. The Balaban J connectivity index is 1.74. The molecule has 1 aliphatic rings. The Labute approximate surface area is 193 Å². The number of aryl methyl sites for hydroxylation is 1. The van der Waals surface area contributed by atoms with Gasteiger partial charge in [0, 0.05) is 6.04 Å². The molecule has 3 aromatic rings. The lowest BCUT2D eigenvalue weighted by atomic mass is 9.92. The minimum Gasteiger partial charge on any atom is -0.369 e. The van der Waals surface area contributed by atoms with Crippen LogP contribution >= 0.6 is 11.3 Å². The van der Waals surface area contributed by atoms with Crippen LogP contribution in [-0.4, -0.2) is 29.4 Å². The third kappa shape index (κ3) is 4.92. The Hall–Kier alpha value is -3.22. The van der Waals surface area contributed by atoms with E-state index in [0.717, 1.165) is 25.0 Å². The maximum absolute atomic E-state index is 14.6. The highest BCUT2D eigenvalue weighted by atomic mass is 32.1. The summed E-state index contributed by atoms with van der Waals surface area (Å²) in [5, 5.41) is 15.6. The molecule has 5 nitrogen and oxygen atoms in total. The zero-order valence-electron chi connectivity index (χ0n) is 17.8. The van der Waals surface area contributed by atoms with Crippen LogP contribution in [0.2, 0.25) is 0 Å². The van der Waals surface area contributed by atoms with Gasteiger partial charge in [-0.05, 0) is 56.1 Å². The summed E-state index contributed by atoms with van der Waals surface area (Å²) in [4.78, 5) is 18.7. The van der Waals surface area contributed by atoms with Gasteiger partial charge in [-0.15, -0.1) is 11.3 Å². The van der Waals surface area contributed by atoms with Crippen molar-refractivity contribution in [1.82, 2.24) is 10.3 Å². The van der Waals surface area contributed by atoms with Crippen LogP contribution in [-0.2, 0) is 0 Å². The number of nitrogens with zero attached hydrogens (tertiary/aromatic N) is 2. The van der Waals surface area contributed by atoms with Gasteiger partial charge in [0.2, 0.25) is 5.78 Å². The van der Waals surface area contributed by atoms with E-state index in [1.54, 1.807) is 25.1 Å². The van der Waals surface area contributed by atoms with Gasteiger partial charge in [0.1, 0.15) is 23.2 Å². The molecule has 2 N–H and O–H groups in total. The lowest BCUT2D eigenvalue weighted by molar-refractivity contribution is 0.0942. The smallest absolute Gasteiger partial charge is 0.206 e. The van der Waals surface area contributed by atoms with Crippen molar-refractivity contribution < 1.29 is 18.0 Å². The summed E-state index contributed by atoms with van der Waals surface area (Å²) in [6.45, 7) is 2.44. The fraction of sp³-hybridized carbons (Fsp3) is 0.292. The second-order valence-electron chi connectivity index (χ2n) is 7.89. The standard InChI is InChI=1S/C24H21F3N4OS/c1-13-30-22(24(33-13)15-5-7-16(25)8-6-15)23(32)21(19-4-2-3-9-29-19)31-20-17(26)10-14(12-28)11-18(20)27/h5-8,10-11,19,21,29,31H,2-4,9H2,1H3. The molecule has 0 aliphatic carbocycles. The first kappa shape index (κ1) is 23.0. The molecule has 2 aromatic carbocycles. The van der Waals surface area contributed by atoms with E-state index < -0.39 is 35.0 Å². The number of benzene rings is 2. The normalized spacial score (nSPS) is 16.8. The van der Waals surface area contributed by atoms with Crippen LogP contribution in [0.5, 0.6) is 0 Å². The highest BCUT2D eigenvalue weighted by molar-refractivity contribution is 7.15. The van der Waals surface area contributed by atoms with E-state index >= 15 is 0 Å². The number of hydrogen-bond donors (Lipinski definition) is 2. The maximum atomic E-state index is 14.6. The molecule has 9 heteroatoms. The van der Waals surface area contributed by atoms with Gasteiger partial charge in [0.05, 0.1) is 21.5 Å². The number of halogens is 3.